The first-order chi connectivity index (χ1) is 10.5. The van der Waals surface area contributed by atoms with Crippen LogP contribution in [-0.4, -0.2) is 16.6 Å². The van der Waals surface area contributed by atoms with Gasteiger partial charge in [0.25, 0.3) is 0 Å². The summed E-state index contributed by atoms with van der Waals surface area (Å²) in [7, 11) is 0. The van der Waals surface area contributed by atoms with Crippen LogP contribution in [-0.2, 0) is 4.79 Å². The molecule has 0 saturated heterocycles. The summed E-state index contributed by atoms with van der Waals surface area (Å²) in [4.78, 5) is 17.4. The monoisotopic (exact) mass is 311 g/mol. The van der Waals surface area contributed by atoms with Crippen LogP contribution in [0, 0.1) is 10.8 Å². The molecule has 2 rings (SSSR count). The van der Waals surface area contributed by atoms with Gasteiger partial charge in [-0.1, -0.05) is 47.6 Å². The third-order valence-electron chi connectivity index (χ3n) is 3.78. The van der Waals surface area contributed by atoms with E-state index in [0.29, 0.717) is 5.69 Å². The van der Waals surface area contributed by atoms with E-state index >= 15 is 0 Å². The summed E-state index contributed by atoms with van der Waals surface area (Å²) in [6.07, 6.45) is 3.73. The number of phenols is 1. The second kappa shape index (κ2) is 5.80. The zero-order chi connectivity index (χ0) is 17.4. The number of allylic oxidation sites excluding steroid dienone is 4. The largest absolute Gasteiger partial charge is 0.508 e. The Balaban J connectivity index is 2.58. The lowest BCUT2D eigenvalue weighted by Gasteiger charge is -2.31. The van der Waals surface area contributed by atoms with E-state index in [1.54, 1.807) is 18.2 Å². The molecule has 0 fully saturated rings. The van der Waals surface area contributed by atoms with Crippen molar-refractivity contribution >= 4 is 17.2 Å². The molecule has 0 amide bonds. The molecule has 0 atom stereocenters. The molecule has 0 heterocycles. The molecule has 3 nitrogen and oxygen atoms in total. The van der Waals surface area contributed by atoms with Crippen molar-refractivity contribution in [1.82, 2.24) is 0 Å². The van der Waals surface area contributed by atoms with Gasteiger partial charge in [-0.05, 0) is 35.1 Å². The van der Waals surface area contributed by atoms with Crippen molar-refractivity contribution in [2.45, 2.75) is 41.5 Å². The Morgan fingerprint density at radius 3 is 1.87 bits per heavy atom. The number of nitrogens with zero attached hydrogens (tertiary/aromatic N) is 1. The number of phenolic OH excluding ortho intramolecular Hbond substituents is 1. The van der Waals surface area contributed by atoms with Crippen molar-refractivity contribution in [3.8, 4) is 5.75 Å². The summed E-state index contributed by atoms with van der Waals surface area (Å²) in [6.45, 7) is 12.2. The van der Waals surface area contributed by atoms with Gasteiger partial charge in [0.15, 0.2) is 5.78 Å². The SMILES string of the molecule is CC(C)(C)C1=CC(=Nc2cccc(O)c2)C=C(C(C)(C)C)C1=O. The third kappa shape index (κ3) is 3.98. The van der Waals surface area contributed by atoms with Crippen molar-refractivity contribution in [2.75, 3.05) is 0 Å². The van der Waals surface area contributed by atoms with Gasteiger partial charge in [0, 0.05) is 17.2 Å². The number of Topliss-reactive ketones (excluding diaryl/α,β-unsaturated/α-hetero) is 1. The van der Waals surface area contributed by atoms with Crippen LogP contribution in [0.5, 0.6) is 5.75 Å². The minimum atomic E-state index is -0.249. The van der Waals surface area contributed by atoms with Crippen molar-refractivity contribution in [3.05, 3.63) is 47.6 Å². The lowest BCUT2D eigenvalue weighted by atomic mass is 9.72. The quantitative estimate of drug-likeness (QED) is 0.743. The van der Waals surface area contributed by atoms with Crippen LogP contribution in [0.25, 0.3) is 0 Å². The van der Waals surface area contributed by atoms with E-state index in [9.17, 15) is 9.90 Å². The van der Waals surface area contributed by atoms with Crippen molar-refractivity contribution in [1.29, 1.82) is 0 Å². The molecule has 3 heteroatoms. The zero-order valence-electron chi connectivity index (χ0n) is 14.8. The summed E-state index contributed by atoms with van der Waals surface area (Å²) in [5, 5.41) is 9.59. The highest BCUT2D eigenvalue weighted by Crippen LogP contribution is 2.37. The fourth-order valence-corrected chi connectivity index (χ4v) is 2.50. The normalized spacial score (nSPS) is 16.1. The highest BCUT2D eigenvalue weighted by molar-refractivity contribution is 6.23. The Labute approximate surface area is 138 Å². The maximum Gasteiger partial charge on any atom is 0.186 e. The summed E-state index contributed by atoms with van der Waals surface area (Å²) in [5.41, 5.74) is 2.45. The van der Waals surface area contributed by atoms with Crippen molar-refractivity contribution in [3.63, 3.8) is 0 Å². The highest BCUT2D eigenvalue weighted by atomic mass is 16.3. The highest BCUT2D eigenvalue weighted by Gasteiger charge is 2.34. The van der Waals surface area contributed by atoms with Crippen molar-refractivity contribution in [2.24, 2.45) is 15.8 Å². The van der Waals surface area contributed by atoms with Gasteiger partial charge in [0.1, 0.15) is 5.75 Å². The molecule has 1 aromatic carbocycles. The molecular weight excluding hydrogens is 286 g/mol. The van der Waals surface area contributed by atoms with Crippen LogP contribution >= 0.6 is 0 Å². The Morgan fingerprint density at radius 1 is 0.913 bits per heavy atom. The number of hydrogen-bond acceptors (Lipinski definition) is 3. The van der Waals surface area contributed by atoms with Crippen molar-refractivity contribution < 1.29 is 9.90 Å². The second-order valence-corrected chi connectivity index (χ2v) is 8.00. The molecule has 1 aromatic rings. The second-order valence-electron chi connectivity index (χ2n) is 8.00. The van der Waals surface area contributed by atoms with E-state index in [2.05, 4.69) is 4.99 Å². The fourth-order valence-electron chi connectivity index (χ4n) is 2.50. The standard InChI is InChI=1S/C20H25NO2/c1-19(2,3)16-11-14(12-17(18(16)23)20(4,5)6)21-13-8-7-9-15(22)10-13/h7-12,22H,1-6H3. The zero-order valence-corrected chi connectivity index (χ0v) is 14.8. The smallest absolute Gasteiger partial charge is 0.186 e. The topological polar surface area (TPSA) is 49.7 Å². The van der Waals surface area contributed by atoms with Crippen LogP contribution < -0.4 is 0 Å². The summed E-state index contributed by atoms with van der Waals surface area (Å²) >= 11 is 0. The number of ketones is 1. The average molecular weight is 311 g/mol. The number of carbonyl (C=O) groups is 1. The molecule has 1 aliphatic carbocycles. The first kappa shape index (κ1) is 17.2. The van der Waals surface area contributed by atoms with E-state index < -0.39 is 0 Å². The number of rotatable bonds is 1. The van der Waals surface area contributed by atoms with Crippen LogP contribution in [0.4, 0.5) is 5.69 Å². The first-order valence-corrected chi connectivity index (χ1v) is 7.85. The van der Waals surface area contributed by atoms with Gasteiger partial charge in [0.2, 0.25) is 0 Å². The number of benzene rings is 1. The fraction of sp³-hybridized carbons (Fsp3) is 0.400. The molecule has 0 saturated carbocycles. The summed E-state index contributed by atoms with van der Waals surface area (Å²) in [6, 6.07) is 6.81. The molecule has 1 N–H and O–H groups in total. The molecule has 0 aromatic heterocycles. The van der Waals surface area contributed by atoms with Gasteiger partial charge >= 0.3 is 0 Å². The van der Waals surface area contributed by atoms with E-state index in [4.69, 9.17) is 0 Å². The molecule has 0 bridgehead atoms. The number of aliphatic imine (C=N–C) groups is 1. The van der Waals surface area contributed by atoms with Crippen LogP contribution in [0.15, 0.2) is 52.6 Å². The molecule has 23 heavy (non-hydrogen) atoms. The Bertz CT molecular complexity index is 687. The molecule has 1 aliphatic rings. The Morgan fingerprint density at radius 2 is 1.43 bits per heavy atom. The minimum Gasteiger partial charge on any atom is -0.508 e. The maximum atomic E-state index is 12.8. The van der Waals surface area contributed by atoms with Crippen LogP contribution in [0.1, 0.15) is 41.5 Å². The minimum absolute atomic E-state index is 0.0971. The number of hydrogen-bond donors (Lipinski definition) is 1. The predicted molar refractivity (Wildman–Crippen MR) is 95.3 cm³/mol. The van der Waals surface area contributed by atoms with Crippen LogP contribution in [0.2, 0.25) is 0 Å². The van der Waals surface area contributed by atoms with E-state index in [1.165, 1.54) is 0 Å². The molecule has 122 valence electrons. The van der Waals surface area contributed by atoms with Gasteiger partial charge in [-0.2, -0.15) is 0 Å². The van der Waals surface area contributed by atoms with E-state index in [1.807, 2.05) is 59.8 Å². The lowest BCUT2D eigenvalue weighted by molar-refractivity contribution is -0.114. The summed E-state index contributed by atoms with van der Waals surface area (Å²) < 4.78 is 0. The van der Waals surface area contributed by atoms with Gasteiger partial charge in [0.05, 0.1) is 11.4 Å². The molecule has 0 aliphatic heterocycles. The van der Waals surface area contributed by atoms with E-state index in [0.717, 1.165) is 16.9 Å². The van der Waals surface area contributed by atoms with Gasteiger partial charge in [-0.15, -0.1) is 0 Å². The molecule has 0 spiro atoms. The lowest BCUT2D eigenvalue weighted by Crippen LogP contribution is -2.29. The predicted octanol–water partition coefficient (Wildman–Crippen LogP) is 4.99. The van der Waals surface area contributed by atoms with Gasteiger partial charge < -0.3 is 5.11 Å². The van der Waals surface area contributed by atoms with Crippen LogP contribution in [0.3, 0.4) is 0 Å². The number of aromatic hydroxyl groups is 1. The first-order valence-electron chi connectivity index (χ1n) is 7.85. The third-order valence-corrected chi connectivity index (χ3v) is 3.78. The Hall–Kier alpha value is -2.16. The maximum absolute atomic E-state index is 12.8. The average Bonchev–Trinajstić information content (AvgIpc) is 2.38. The van der Waals surface area contributed by atoms with E-state index in [-0.39, 0.29) is 22.4 Å². The van der Waals surface area contributed by atoms with Gasteiger partial charge in [-0.25, -0.2) is 4.99 Å². The molecular formula is C20H25NO2. The summed E-state index contributed by atoms with van der Waals surface area (Å²) in [5.74, 6) is 0.277. The molecule has 0 unspecified atom stereocenters. The molecule has 0 radical (unpaired) electrons. The Kier molecular flexibility index (Phi) is 4.34. The van der Waals surface area contributed by atoms with Gasteiger partial charge in [-0.3, -0.25) is 4.79 Å². The number of carbonyl (C=O) groups excluding carboxylic acids is 1.